The molecule has 1 rings (SSSR count). The van der Waals surface area contributed by atoms with Crippen LogP contribution in [0.2, 0.25) is 5.02 Å². The Morgan fingerprint density at radius 3 is 2.50 bits per heavy atom. The molecule has 0 bridgehead atoms. The molecular formula is C8H10ClNO3S. The predicted octanol–water partition coefficient (Wildman–Crippen LogP) is 1.04. The van der Waals surface area contributed by atoms with Crippen LogP contribution in [-0.2, 0) is 10.0 Å². The summed E-state index contributed by atoms with van der Waals surface area (Å²) in [6.07, 6.45) is -0.757. The first-order valence-electron chi connectivity index (χ1n) is 3.82. The molecule has 14 heavy (non-hydrogen) atoms. The van der Waals surface area contributed by atoms with Gasteiger partial charge in [0.1, 0.15) is 4.90 Å². The fourth-order valence-corrected chi connectivity index (χ4v) is 2.08. The lowest BCUT2D eigenvalue weighted by Gasteiger charge is -2.07. The molecule has 0 aliphatic heterocycles. The second kappa shape index (κ2) is 3.86. The number of hydrogen-bond donors (Lipinski definition) is 2. The zero-order chi connectivity index (χ0) is 10.9. The second-order valence-corrected chi connectivity index (χ2v) is 4.85. The topological polar surface area (TPSA) is 80.4 Å². The first kappa shape index (κ1) is 11.5. The van der Waals surface area contributed by atoms with Crippen LogP contribution in [0.25, 0.3) is 0 Å². The van der Waals surface area contributed by atoms with E-state index in [1.165, 1.54) is 19.1 Å². The van der Waals surface area contributed by atoms with Crippen molar-refractivity contribution in [3.8, 4) is 0 Å². The third kappa shape index (κ3) is 2.45. The highest BCUT2D eigenvalue weighted by Crippen LogP contribution is 2.24. The fraction of sp³-hybridized carbons (Fsp3) is 0.250. The number of aliphatic hydroxyl groups excluding tert-OH is 1. The molecule has 0 saturated heterocycles. The van der Waals surface area contributed by atoms with E-state index in [4.69, 9.17) is 16.7 Å². The van der Waals surface area contributed by atoms with Crippen LogP contribution in [0.15, 0.2) is 23.1 Å². The van der Waals surface area contributed by atoms with Gasteiger partial charge in [0.25, 0.3) is 0 Å². The number of primary sulfonamides is 1. The molecule has 0 aliphatic carbocycles. The first-order valence-corrected chi connectivity index (χ1v) is 5.75. The van der Waals surface area contributed by atoms with E-state index in [9.17, 15) is 13.5 Å². The van der Waals surface area contributed by atoms with E-state index < -0.39 is 16.1 Å². The van der Waals surface area contributed by atoms with Gasteiger partial charge in [0.05, 0.1) is 11.1 Å². The monoisotopic (exact) mass is 235 g/mol. The highest BCUT2D eigenvalue weighted by Gasteiger charge is 2.14. The summed E-state index contributed by atoms with van der Waals surface area (Å²) < 4.78 is 22.1. The van der Waals surface area contributed by atoms with Crippen molar-refractivity contribution in [2.45, 2.75) is 17.9 Å². The Morgan fingerprint density at radius 1 is 1.50 bits per heavy atom. The lowest BCUT2D eigenvalue weighted by atomic mass is 10.1. The highest BCUT2D eigenvalue weighted by molar-refractivity contribution is 7.89. The van der Waals surface area contributed by atoms with E-state index in [2.05, 4.69) is 0 Å². The van der Waals surface area contributed by atoms with Crippen molar-refractivity contribution in [2.75, 3.05) is 0 Å². The number of rotatable bonds is 2. The van der Waals surface area contributed by atoms with Gasteiger partial charge in [-0.25, -0.2) is 13.6 Å². The van der Waals surface area contributed by atoms with Gasteiger partial charge in [-0.3, -0.25) is 0 Å². The number of nitrogens with two attached hydrogens (primary N) is 1. The normalized spacial score (nSPS) is 14.0. The third-order valence-corrected chi connectivity index (χ3v) is 3.14. The molecule has 78 valence electrons. The molecule has 0 fully saturated rings. The Bertz CT molecular complexity index is 442. The Labute approximate surface area is 87.4 Å². The summed E-state index contributed by atoms with van der Waals surface area (Å²) in [5.74, 6) is 0. The summed E-state index contributed by atoms with van der Waals surface area (Å²) >= 11 is 5.64. The smallest absolute Gasteiger partial charge is 0.239 e. The molecular weight excluding hydrogens is 226 g/mol. The molecule has 4 nitrogen and oxygen atoms in total. The maximum absolute atomic E-state index is 11.0. The van der Waals surface area contributed by atoms with Crippen molar-refractivity contribution in [3.05, 3.63) is 28.8 Å². The SMILES string of the molecule is C[C@H](O)c1ccc(Cl)c(S(N)(=O)=O)c1. The quantitative estimate of drug-likeness (QED) is 0.804. The Morgan fingerprint density at radius 2 is 2.07 bits per heavy atom. The molecule has 1 atom stereocenters. The molecule has 6 heteroatoms. The van der Waals surface area contributed by atoms with Gasteiger partial charge < -0.3 is 5.11 Å². The summed E-state index contributed by atoms with van der Waals surface area (Å²) in [5.41, 5.74) is 0.457. The molecule has 0 aliphatic rings. The number of hydrogen-bond acceptors (Lipinski definition) is 3. The predicted molar refractivity (Wildman–Crippen MR) is 53.5 cm³/mol. The van der Waals surface area contributed by atoms with Crippen LogP contribution in [0.1, 0.15) is 18.6 Å². The lowest BCUT2D eigenvalue weighted by Crippen LogP contribution is -2.13. The molecule has 0 radical (unpaired) electrons. The van der Waals surface area contributed by atoms with E-state index in [0.29, 0.717) is 5.56 Å². The van der Waals surface area contributed by atoms with E-state index in [0.717, 1.165) is 0 Å². The van der Waals surface area contributed by atoms with Gasteiger partial charge in [-0.05, 0) is 24.6 Å². The van der Waals surface area contributed by atoms with Crippen LogP contribution >= 0.6 is 11.6 Å². The van der Waals surface area contributed by atoms with Crippen LogP contribution in [0.3, 0.4) is 0 Å². The summed E-state index contributed by atoms with van der Waals surface area (Å²) in [6.45, 7) is 1.52. The van der Waals surface area contributed by atoms with Crippen LogP contribution in [-0.4, -0.2) is 13.5 Å². The van der Waals surface area contributed by atoms with E-state index in [-0.39, 0.29) is 9.92 Å². The molecule has 1 aromatic carbocycles. The summed E-state index contributed by atoms with van der Waals surface area (Å²) in [5, 5.41) is 14.2. The van der Waals surface area contributed by atoms with Crippen LogP contribution < -0.4 is 5.14 Å². The Kier molecular flexibility index (Phi) is 3.16. The average Bonchev–Trinajstić information content (AvgIpc) is 2.02. The van der Waals surface area contributed by atoms with Crippen molar-refractivity contribution >= 4 is 21.6 Å². The van der Waals surface area contributed by atoms with Gasteiger partial charge in [-0.15, -0.1) is 0 Å². The maximum Gasteiger partial charge on any atom is 0.239 e. The van der Waals surface area contributed by atoms with Crippen LogP contribution in [0.5, 0.6) is 0 Å². The van der Waals surface area contributed by atoms with E-state index in [1.54, 1.807) is 6.07 Å². The second-order valence-electron chi connectivity index (χ2n) is 2.91. The van der Waals surface area contributed by atoms with Crippen molar-refractivity contribution in [3.63, 3.8) is 0 Å². The van der Waals surface area contributed by atoms with Crippen LogP contribution in [0.4, 0.5) is 0 Å². The standard InChI is InChI=1S/C8H10ClNO3S/c1-5(11)6-2-3-7(9)8(4-6)14(10,12)13/h2-5,11H,1H3,(H2,10,12,13)/t5-/m0/s1. The molecule has 0 unspecified atom stereocenters. The molecule has 0 amide bonds. The Balaban J connectivity index is 3.37. The van der Waals surface area contributed by atoms with Crippen molar-refractivity contribution in [1.82, 2.24) is 0 Å². The average molecular weight is 236 g/mol. The number of aliphatic hydroxyl groups is 1. The van der Waals surface area contributed by atoms with Gasteiger partial charge in [-0.2, -0.15) is 0 Å². The summed E-state index contributed by atoms with van der Waals surface area (Å²) in [4.78, 5) is -0.169. The van der Waals surface area contributed by atoms with Gasteiger partial charge in [-0.1, -0.05) is 17.7 Å². The minimum atomic E-state index is -3.83. The number of sulfonamides is 1. The van der Waals surface area contributed by atoms with Gasteiger partial charge in [0.15, 0.2) is 0 Å². The lowest BCUT2D eigenvalue weighted by molar-refractivity contribution is 0.199. The fourth-order valence-electron chi connectivity index (χ4n) is 0.998. The molecule has 0 aromatic heterocycles. The minimum absolute atomic E-state index is 0.0527. The van der Waals surface area contributed by atoms with Gasteiger partial charge >= 0.3 is 0 Å². The van der Waals surface area contributed by atoms with E-state index in [1.807, 2.05) is 0 Å². The summed E-state index contributed by atoms with van der Waals surface area (Å²) in [7, 11) is -3.83. The minimum Gasteiger partial charge on any atom is -0.389 e. The first-order chi connectivity index (χ1) is 6.32. The molecule has 3 N–H and O–H groups in total. The molecule has 0 saturated carbocycles. The zero-order valence-corrected chi connectivity index (χ0v) is 9.01. The molecule has 0 spiro atoms. The number of benzene rings is 1. The van der Waals surface area contributed by atoms with E-state index >= 15 is 0 Å². The van der Waals surface area contributed by atoms with Crippen molar-refractivity contribution in [1.29, 1.82) is 0 Å². The zero-order valence-electron chi connectivity index (χ0n) is 7.44. The van der Waals surface area contributed by atoms with Gasteiger partial charge in [0, 0.05) is 0 Å². The van der Waals surface area contributed by atoms with Crippen molar-refractivity contribution in [2.24, 2.45) is 5.14 Å². The third-order valence-electron chi connectivity index (χ3n) is 1.74. The van der Waals surface area contributed by atoms with Gasteiger partial charge in [0.2, 0.25) is 10.0 Å². The molecule has 1 aromatic rings. The molecule has 0 heterocycles. The van der Waals surface area contributed by atoms with Crippen molar-refractivity contribution < 1.29 is 13.5 Å². The largest absolute Gasteiger partial charge is 0.389 e. The highest BCUT2D eigenvalue weighted by atomic mass is 35.5. The number of halogens is 1. The Hall–Kier alpha value is -0.620. The van der Waals surface area contributed by atoms with Crippen LogP contribution in [0, 0.1) is 0 Å². The summed E-state index contributed by atoms with van der Waals surface area (Å²) in [6, 6.07) is 4.20. The maximum atomic E-state index is 11.0.